The molecule has 2 atom stereocenters. The van der Waals surface area contributed by atoms with Gasteiger partial charge in [-0.25, -0.2) is 4.90 Å². The van der Waals surface area contributed by atoms with Crippen molar-refractivity contribution in [1.29, 1.82) is 0 Å². The minimum atomic E-state index is -0.853. The lowest BCUT2D eigenvalue weighted by Crippen LogP contribution is -2.39. The van der Waals surface area contributed by atoms with E-state index in [1.54, 1.807) is 30.3 Å². The minimum Gasteiger partial charge on any atom is -0.497 e. The van der Waals surface area contributed by atoms with Crippen LogP contribution >= 0.6 is 0 Å². The standard InChI is InChI=1S/C20H20N4O5/c1-27-14-7-4-12(5-8-14)11-23-18-17(21-22-23)19(25)24(20(18)26)13-6-9-15(28-2)16(10-13)29-3/h4-10,17-18H,11H2,1-3H3/t17-,18-/m1/s1. The topological polar surface area (TPSA) is 93.0 Å². The van der Waals surface area contributed by atoms with E-state index in [2.05, 4.69) is 10.3 Å². The van der Waals surface area contributed by atoms with Crippen LogP contribution in [0.25, 0.3) is 0 Å². The Balaban J connectivity index is 1.58. The summed E-state index contributed by atoms with van der Waals surface area (Å²) >= 11 is 0. The summed E-state index contributed by atoms with van der Waals surface area (Å²) < 4.78 is 15.7. The molecule has 150 valence electrons. The number of imide groups is 1. The molecule has 4 rings (SSSR count). The summed E-state index contributed by atoms with van der Waals surface area (Å²) in [4.78, 5) is 27.1. The van der Waals surface area contributed by atoms with Crippen LogP contribution in [0, 0.1) is 0 Å². The molecule has 2 heterocycles. The van der Waals surface area contributed by atoms with E-state index in [-0.39, 0.29) is 5.91 Å². The van der Waals surface area contributed by atoms with Gasteiger partial charge in [0.25, 0.3) is 11.8 Å². The van der Waals surface area contributed by atoms with E-state index in [9.17, 15) is 9.59 Å². The molecule has 0 aliphatic carbocycles. The van der Waals surface area contributed by atoms with Gasteiger partial charge in [0.15, 0.2) is 23.6 Å². The molecule has 0 radical (unpaired) electrons. The van der Waals surface area contributed by atoms with E-state index in [1.165, 1.54) is 14.2 Å². The lowest BCUT2D eigenvalue weighted by molar-refractivity contribution is -0.123. The van der Waals surface area contributed by atoms with Crippen LogP contribution in [0.15, 0.2) is 52.8 Å². The fourth-order valence-corrected chi connectivity index (χ4v) is 3.49. The number of carbonyl (C=O) groups excluding carboxylic acids is 2. The maximum absolute atomic E-state index is 13.1. The van der Waals surface area contributed by atoms with Crippen molar-refractivity contribution in [2.24, 2.45) is 10.3 Å². The highest BCUT2D eigenvalue weighted by Crippen LogP contribution is 2.37. The number of hydrogen-bond donors (Lipinski definition) is 0. The second-order valence-corrected chi connectivity index (χ2v) is 6.59. The molecule has 9 nitrogen and oxygen atoms in total. The van der Waals surface area contributed by atoms with Gasteiger partial charge >= 0.3 is 0 Å². The Morgan fingerprint density at radius 3 is 2.28 bits per heavy atom. The minimum absolute atomic E-state index is 0.355. The molecule has 0 bridgehead atoms. The molecular formula is C20H20N4O5. The smallest absolute Gasteiger partial charge is 0.263 e. The van der Waals surface area contributed by atoms with Crippen molar-refractivity contribution in [3.8, 4) is 17.2 Å². The Kier molecular flexibility index (Phi) is 4.79. The van der Waals surface area contributed by atoms with Crippen LogP contribution < -0.4 is 19.1 Å². The van der Waals surface area contributed by atoms with Crippen molar-refractivity contribution in [2.45, 2.75) is 18.6 Å². The number of rotatable bonds is 6. The Labute approximate surface area is 167 Å². The number of ether oxygens (including phenoxy) is 3. The Morgan fingerprint density at radius 2 is 1.62 bits per heavy atom. The molecule has 9 heteroatoms. The van der Waals surface area contributed by atoms with Crippen molar-refractivity contribution in [3.63, 3.8) is 0 Å². The van der Waals surface area contributed by atoms with Gasteiger partial charge in [-0.15, -0.1) is 0 Å². The van der Waals surface area contributed by atoms with Crippen LogP contribution in [0.3, 0.4) is 0 Å². The molecule has 2 aromatic rings. The molecular weight excluding hydrogens is 376 g/mol. The van der Waals surface area contributed by atoms with Gasteiger partial charge in [0, 0.05) is 6.07 Å². The number of methoxy groups -OCH3 is 3. The van der Waals surface area contributed by atoms with Crippen LogP contribution in [-0.2, 0) is 16.1 Å². The van der Waals surface area contributed by atoms with Crippen molar-refractivity contribution >= 4 is 17.5 Å². The molecule has 0 saturated carbocycles. The first-order chi connectivity index (χ1) is 14.1. The van der Waals surface area contributed by atoms with Gasteiger partial charge in [-0.3, -0.25) is 14.6 Å². The number of hydrogen-bond acceptors (Lipinski definition) is 8. The van der Waals surface area contributed by atoms with Crippen LogP contribution in [-0.4, -0.2) is 50.2 Å². The summed E-state index contributed by atoms with van der Waals surface area (Å²) in [5, 5.41) is 9.66. The number of nitrogens with zero attached hydrogens (tertiary/aromatic N) is 4. The first-order valence-electron chi connectivity index (χ1n) is 8.97. The van der Waals surface area contributed by atoms with Crippen LogP contribution in [0.4, 0.5) is 5.69 Å². The van der Waals surface area contributed by atoms with Gasteiger partial charge in [0.05, 0.1) is 33.6 Å². The summed E-state index contributed by atoms with van der Waals surface area (Å²) in [5.41, 5.74) is 1.34. The number of amides is 2. The summed E-state index contributed by atoms with van der Waals surface area (Å²) in [6.45, 7) is 0.355. The maximum atomic E-state index is 13.1. The van der Waals surface area contributed by atoms with E-state index in [4.69, 9.17) is 14.2 Å². The van der Waals surface area contributed by atoms with E-state index in [0.717, 1.165) is 16.2 Å². The summed E-state index contributed by atoms with van der Waals surface area (Å²) in [7, 11) is 4.61. The zero-order valence-electron chi connectivity index (χ0n) is 16.2. The van der Waals surface area contributed by atoms with Crippen LogP contribution in [0.1, 0.15) is 5.56 Å². The Morgan fingerprint density at radius 1 is 0.897 bits per heavy atom. The Hall–Kier alpha value is -3.62. The van der Waals surface area contributed by atoms with E-state index in [0.29, 0.717) is 23.7 Å². The first kappa shape index (κ1) is 18.7. The summed E-state index contributed by atoms with van der Waals surface area (Å²) in [5.74, 6) is 0.899. The van der Waals surface area contributed by atoms with Crippen molar-refractivity contribution < 1.29 is 23.8 Å². The predicted octanol–water partition coefficient (Wildman–Crippen LogP) is 2.21. The van der Waals surface area contributed by atoms with Crippen molar-refractivity contribution in [3.05, 3.63) is 48.0 Å². The third-order valence-corrected chi connectivity index (χ3v) is 4.99. The van der Waals surface area contributed by atoms with Gasteiger partial charge < -0.3 is 14.2 Å². The van der Waals surface area contributed by atoms with E-state index < -0.39 is 18.0 Å². The molecule has 0 spiro atoms. The average Bonchev–Trinajstić information content (AvgIpc) is 3.27. The van der Waals surface area contributed by atoms with Crippen LogP contribution in [0.5, 0.6) is 17.2 Å². The highest BCUT2D eigenvalue weighted by molar-refractivity contribution is 6.25. The first-order valence-corrected chi connectivity index (χ1v) is 8.97. The van der Waals surface area contributed by atoms with Crippen molar-refractivity contribution in [1.82, 2.24) is 5.01 Å². The third kappa shape index (κ3) is 3.14. The monoisotopic (exact) mass is 396 g/mol. The highest BCUT2D eigenvalue weighted by Gasteiger charge is 2.54. The number of carbonyl (C=O) groups is 2. The summed E-state index contributed by atoms with van der Waals surface area (Å²) in [6.07, 6.45) is 0. The van der Waals surface area contributed by atoms with Gasteiger partial charge in [-0.1, -0.05) is 17.4 Å². The number of benzene rings is 2. The van der Waals surface area contributed by atoms with Crippen LogP contribution in [0.2, 0.25) is 0 Å². The molecule has 2 aliphatic heterocycles. The molecule has 1 fully saturated rings. The van der Waals surface area contributed by atoms with E-state index >= 15 is 0 Å². The third-order valence-electron chi connectivity index (χ3n) is 4.99. The molecule has 29 heavy (non-hydrogen) atoms. The SMILES string of the molecule is COc1ccc(CN2N=N[C@H]3C(=O)N(c4ccc(OC)c(OC)c4)C(=O)[C@@H]32)cc1. The number of fused-ring (bicyclic) bond motifs is 1. The molecule has 0 aromatic heterocycles. The predicted molar refractivity (Wildman–Crippen MR) is 103 cm³/mol. The van der Waals surface area contributed by atoms with Gasteiger partial charge in [-0.2, -0.15) is 5.11 Å². The maximum Gasteiger partial charge on any atom is 0.263 e. The lowest BCUT2D eigenvalue weighted by atomic mass is 10.1. The lowest BCUT2D eigenvalue weighted by Gasteiger charge is -2.21. The largest absolute Gasteiger partial charge is 0.497 e. The van der Waals surface area contributed by atoms with Gasteiger partial charge in [0.2, 0.25) is 0 Å². The zero-order chi connectivity index (χ0) is 20.5. The molecule has 1 saturated heterocycles. The zero-order valence-corrected chi connectivity index (χ0v) is 16.2. The fraction of sp³-hybridized carbons (Fsp3) is 0.300. The van der Waals surface area contributed by atoms with Gasteiger partial charge in [-0.05, 0) is 29.8 Å². The van der Waals surface area contributed by atoms with Crippen molar-refractivity contribution in [2.75, 3.05) is 26.2 Å². The van der Waals surface area contributed by atoms with E-state index in [1.807, 2.05) is 24.3 Å². The molecule has 2 aromatic carbocycles. The van der Waals surface area contributed by atoms with Gasteiger partial charge in [0.1, 0.15) is 5.75 Å². The highest BCUT2D eigenvalue weighted by atomic mass is 16.5. The quantitative estimate of drug-likeness (QED) is 0.695. The second kappa shape index (κ2) is 7.42. The Bertz CT molecular complexity index is 975. The molecule has 0 unspecified atom stereocenters. The molecule has 2 amide bonds. The number of anilines is 1. The second-order valence-electron chi connectivity index (χ2n) is 6.59. The normalized spacial score (nSPS) is 20.2. The summed E-state index contributed by atoms with van der Waals surface area (Å²) in [6, 6.07) is 10.7. The molecule has 2 aliphatic rings. The molecule has 0 N–H and O–H groups in total. The average molecular weight is 396 g/mol. The fourth-order valence-electron chi connectivity index (χ4n) is 3.49.